The summed E-state index contributed by atoms with van der Waals surface area (Å²) in [6.07, 6.45) is 0.784. The van der Waals surface area contributed by atoms with Gasteiger partial charge >= 0.3 is 6.03 Å². The van der Waals surface area contributed by atoms with Gasteiger partial charge in [0.15, 0.2) is 6.29 Å². The van der Waals surface area contributed by atoms with Crippen molar-refractivity contribution >= 4 is 23.8 Å². The second-order valence-electron chi connectivity index (χ2n) is 9.54. The van der Waals surface area contributed by atoms with Gasteiger partial charge in [0.2, 0.25) is 17.7 Å². The van der Waals surface area contributed by atoms with Crippen LogP contribution in [0.4, 0.5) is 4.79 Å². The highest BCUT2D eigenvalue weighted by atomic mass is 16.2. The van der Waals surface area contributed by atoms with Gasteiger partial charge in [-0.2, -0.15) is 5.43 Å². The monoisotopic (exact) mass is 456 g/mol. The van der Waals surface area contributed by atoms with E-state index in [1.54, 1.807) is 9.80 Å². The maximum absolute atomic E-state index is 13.6. The maximum Gasteiger partial charge on any atom is 0.337 e. The summed E-state index contributed by atoms with van der Waals surface area (Å²) in [5.41, 5.74) is 10.4. The first-order chi connectivity index (χ1) is 15.7. The average molecular weight is 457 g/mol. The van der Waals surface area contributed by atoms with E-state index < -0.39 is 30.2 Å². The van der Waals surface area contributed by atoms with E-state index in [0.717, 1.165) is 11.1 Å². The van der Waals surface area contributed by atoms with Gasteiger partial charge in [-0.15, -0.1) is 0 Å². The molecule has 0 radical (unpaired) electrons. The Morgan fingerprint density at radius 2 is 1.88 bits per heavy atom. The molecule has 4 rings (SSSR count). The Morgan fingerprint density at radius 3 is 2.52 bits per heavy atom. The van der Waals surface area contributed by atoms with E-state index in [9.17, 15) is 19.2 Å². The molecule has 1 aliphatic carbocycles. The number of carbonyl (C=O) groups excluding carboxylic acids is 4. The number of aryl methyl sites for hydroxylation is 1. The van der Waals surface area contributed by atoms with E-state index in [2.05, 4.69) is 10.7 Å². The zero-order chi connectivity index (χ0) is 23.9. The Labute approximate surface area is 193 Å². The SMILES string of the molecule is Cc1ccc(CN2C(=O)C3CCC(C(=O)NC(C)C)CC3N3C(=O)N(CC(N)=O)NC23)cc1. The predicted octanol–water partition coefficient (Wildman–Crippen LogP) is 0.658. The number of nitrogens with two attached hydrogens (primary N) is 1. The Kier molecular flexibility index (Phi) is 6.29. The fourth-order valence-corrected chi connectivity index (χ4v) is 5.08. The number of hydrogen-bond donors (Lipinski definition) is 3. The van der Waals surface area contributed by atoms with E-state index in [-0.39, 0.29) is 30.3 Å². The smallest absolute Gasteiger partial charge is 0.337 e. The van der Waals surface area contributed by atoms with Crippen LogP contribution >= 0.6 is 0 Å². The lowest BCUT2D eigenvalue weighted by Crippen LogP contribution is -2.66. The molecule has 4 atom stereocenters. The van der Waals surface area contributed by atoms with Gasteiger partial charge in [-0.3, -0.25) is 19.3 Å². The van der Waals surface area contributed by atoms with Gasteiger partial charge < -0.3 is 16.0 Å². The number of hydrazine groups is 1. The summed E-state index contributed by atoms with van der Waals surface area (Å²) in [4.78, 5) is 54.4. The van der Waals surface area contributed by atoms with Crippen LogP contribution in [-0.4, -0.2) is 63.5 Å². The lowest BCUT2D eigenvalue weighted by molar-refractivity contribution is -0.159. The summed E-state index contributed by atoms with van der Waals surface area (Å²) < 4.78 is 0. The molecule has 4 N–H and O–H groups in total. The van der Waals surface area contributed by atoms with Crippen LogP contribution in [0, 0.1) is 18.8 Å². The normalized spacial score (nSPS) is 27.0. The Bertz CT molecular complexity index is 949. The molecule has 3 aliphatic rings. The van der Waals surface area contributed by atoms with Crippen molar-refractivity contribution in [3.05, 3.63) is 35.4 Å². The van der Waals surface area contributed by atoms with Gasteiger partial charge in [0, 0.05) is 24.5 Å². The summed E-state index contributed by atoms with van der Waals surface area (Å²) in [6.45, 7) is 5.83. The molecule has 0 spiro atoms. The van der Waals surface area contributed by atoms with Crippen molar-refractivity contribution in [3.8, 4) is 0 Å². The molecule has 33 heavy (non-hydrogen) atoms. The Hall–Kier alpha value is -3.14. The fraction of sp³-hybridized carbons (Fsp3) is 0.565. The lowest BCUT2D eigenvalue weighted by atomic mass is 9.75. The van der Waals surface area contributed by atoms with E-state index in [1.165, 1.54) is 5.01 Å². The van der Waals surface area contributed by atoms with Crippen molar-refractivity contribution < 1.29 is 19.2 Å². The Balaban J connectivity index is 1.62. The van der Waals surface area contributed by atoms with Crippen LogP contribution in [0.3, 0.4) is 0 Å². The predicted molar refractivity (Wildman–Crippen MR) is 120 cm³/mol. The molecule has 10 nitrogen and oxygen atoms in total. The summed E-state index contributed by atoms with van der Waals surface area (Å²) in [6, 6.07) is 7.08. The van der Waals surface area contributed by atoms with Crippen LogP contribution in [0.5, 0.6) is 0 Å². The molecular formula is C23H32N6O4. The van der Waals surface area contributed by atoms with Crippen molar-refractivity contribution in [3.63, 3.8) is 0 Å². The first-order valence-corrected chi connectivity index (χ1v) is 11.5. The first kappa shape index (κ1) is 23.0. The summed E-state index contributed by atoms with van der Waals surface area (Å²) in [7, 11) is 0. The second-order valence-corrected chi connectivity index (χ2v) is 9.54. The number of carbonyl (C=O) groups is 4. The molecule has 1 saturated carbocycles. The van der Waals surface area contributed by atoms with Gasteiger partial charge in [0.05, 0.1) is 5.92 Å². The number of benzene rings is 1. The Morgan fingerprint density at radius 1 is 1.18 bits per heavy atom. The minimum atomic E-state index is -0.737. The minimum absolute atomic E-state index is 0.0158. The molecule has 1 aromatic rings. The summed E-state index contributed by atoms with van der Waals surface area (Å²) in [5, 5.41) is 4.12. The highest BCUT2D eigenvalue weighted by Gasteiger charge is 2.56. The number of fused-ring (bicyclic) bond motifs is 3. The molecule has 178 valence electrons. The van der Waals surface area contributed by atoms with Gasteiger partial charge in [0.1, 0.15) is 6.54 Å². The first-order valence-electron chi connectivity index (χ1n) is 11.5. The number of nitrogens with one attached hydrogen (secondary N) is 2. The number of rotatable bonds is 6. The molecule has 5 amide bonds. The quantitative estimate of drug-likeness (QED) is 0.579. The molecule has 2 heterocycles. The largest absolute Gasteiger partial charge is 0.368 e. The second kappa shape index (κ2) is 9.01. The minimum Gasteiger partial charge on any atom is -0.368 e. The molecule has 0 aromatic heterocycles. The number of hydrogen-bond acceptors (Lipinski definition) is 5. The topological polar surface area (TPSA) is 128 Å². The van der Waals surface area contributed by atoms with Crippen LogP contribution in [-0.2, 0) is 20.9 Å². The van der Waals surface area contributed by atoms with Gasteiger partial charge in [-0.25, -0.2) is 9.80 Å². The maximum atomic E-state index is 13.6. The van der Waals surface area contributed by atoms with Gasteiger partial charge in [-0.1, -0.05) is 29.8 Å². The lowest BCUT2D eigenvalue weighted by Gasteiger charge is -2.49. The third-order valence-electron chi connectivity index (χ3n) is 6.65. The van der Waals surface area contributed by atoms with E-state index in [4.69, 9.17) is 5.73 Å². The molecular weight excluding hydrogens is 424 g/mol. The van der Waals surface area contributed by atoms with Crippen molar-refractivity contribution in [1.82, 2.24) is 25.6 Å². The average Bonchev–Trinajstić information content (AvgIpc) is 3.07. The molecule has 1 aromatic carbocycles. The fourth-order valence-electron chi connectivity index (χ4n) is 5.08. The van der Waals surface area contributed by atoms with Gasteiger partial charge in [0.25, 0.3) is 0 Å². The van der Waals surface area contributed by atoms with E-state index in [1.807, 2.05) is 45.0 Å². The highest BCUT2D eigenvalue weighted by molar-refractivity contribution is 5.88. The van der Waals surface area contributed by atoms with Gasteiger partial charge in [-0.05, 0) is 45.6 Å². The molecule has 2 saturated heterocycles. The van der Waals surface area contributed by atoms with Crippen molar-refractivity contribution in [2.24, 2.45) is 17.6 Å². The van der Waals surface area contributed by atoms with Crippen LogP contribution in [0.15, 0.2) is 24.3 Å². The third-order valence-corrected chi connectivity index (χ3v) is 6.65. The summed E-state index contributed by atoms with van der Waals surface area (Å²) in [5.74, 6) is -1.42. The number of urea groups is 1. The van der Waals surface area contributed by atoms with E-state index in [0.29, 0.717) is 25.8 Å². The zero-order valence-corrected chi connectivity index (χ0v) is 19.3. The van der Waals surface area contributed by atoms with Crippen molar-refractivity contribution in [1.29, 1.82) is 0 Å². The van der Waals surface area contributed by atoms with Crippen molar-refractivity contribution in [2.45, 2.75) is 65.0 Å². The molecule has 2 aliphatic heterocycles. The number of amides is 5. The zero-order valence-electron chi connectivity index (χ0n) is 19.3. The third kappa shape index (κ3) is 4.52. The van der Waals surface area contributed by atoms with Crippen LogP contribution in [0.25, 0.3) is 0 Å². The van der Waals surface area contributed by atoms with E-state index >= 15 is 0 Å². The number of nitrogens with zero attached hydrogens (tertiary/aromatic N) is 3. The molecule has 3 fully saturated rings. The number of primary amides is 1. The van der Waals surface area contributed by atoms with Crippen LogP contribution in [0.1, 0.15) is 44.2 Å². The van der Waals surface area contributed by atoms with Crippen LogP contribution < -0.4 is 16.5 Å². The molecule has 0 bridgehead atoms. The van der Waals surface area contributed by atoms with Crippen LogP contribution in [0.2, 0.25) is 0 Å². The molecule has 4 unspecified atom stereocenters. The molecule has 10 heteroatoms. The summed E-state index contributed by atoms with van der Waals surface area (Å²) >= 11 is 0. The van der Waals surface area contributed by atoms with Crippen molar-refractivity contribution in [2.75, 3.05) is 6.54 Å². The highest BCUT2D eigenvalue weighted by Crippen LogP contribution is 2.40. The standard InChI is InChI=1S/C23H32N6O4/c1-13(2)25-20(31)16-8-9-17-18(10-16)29-22(26-28(23(29)33)12-19(24)30)27(21(17)32)11-15-6-4-14(3)5-7-15/h4-7,13,16-18,22,26H,8-12H2,1-3H3,(H2,24,30)(H,25,31).